The molecule has 4 heterocycles. The second-order valence-corrected chi connectivity index (χ2v) is 7.44. The van der Waals surface area contributed by atoms with E-state index in [1.807, 2.05) is 20.0 Å². The highest BCUT2D eigenvalue weighted by molar-refractivity contribution is 5.98. The second kappa shape index (κ2) is 6.77. The Bertz CT molecular complexity index is 1170. The molecular formula is C20H21N7O2. The Kier molecular flexibility index (Phi) is 4.37. The zero-order valence-corrected chi connectivity index (χ0v) is 16.5. The highest BCUT2D eigenvalue weighted by Gasteiger charge is 2.37. The Labute approximate surface area is 167 Å². The highest BCUT2D eigenvalue weighted by Crippen LogP contribution is 2.31. The van der Waals surface area contributed by atoms with Gasteiger partial charge in [-0.1, -0.05) is 0 Å². The molecule has 148 valence electrons. The summed E-state index contributed by atoms with van der Waals surface area (Å²) in [6.07, 6.45) is 7.05. The van der Waals surface area contributed by atoms with E-state index in [9.17, 15) is 9.59 Å². The van der Waals surface area contributed by atoms with Crippen LogP contribution in [0.25, 0.3) is 5.65 Å². The minimum Gasteiger partial charge on any atom is -0.369 e. The summed E-state index contributed by atoms with van der Waals surface area (Å²) in [5.74, 6) is -0.0976. The van der Waals surface area contributed by atoms with Crippen LogP contribution in [-0.2, 0) is 16.8 Å². The van der Waals surface area contributed by atoms with Crippen LogP contribution in [0.5, 0.6) is 0 Å². The zero-order valence-electron chi connectivity index (χ0n) is 16.5. The number of aromatic nitrogens is 4. The molecule has 4 rings (SSSR count). The molecule has 0 radical (unpaired) electrons. The summed E-state index contributed by atoms with van der Waals surface area (Å²) in [5, 5.41) is 0. The van der Waals surface area contributed by atoms with E-state index in [2.05, 4.69) is 19.9 Å². The molecule has 2 N–H and O–H groups in total. The number of ketones is 1. The largest absolute Gasteiger partial charge is 0.369 e. The number of pyridine rings is 1. The van der Waals surface area contributed by atoms with Crippen molar-refractivity contribution in [2.24, 2.45) is 10.7 Å². The first kappa shape index (κ1) is 18.7. The van der Waals surface area contributed by atoms with E-state index in [-0.39, 0.29) is 30.5 Å². The Morgan fingerprint density at radius 1 is 1.31 bits per heavy atom. The summed E-state index contributed by atoms with van der Waals surface area (Å²) in [4.78, 5) is 43.7. The van der Waals surface area contributed by atoms with Gasteiger partial charge in [0.25, 0.3) is 0 Å². The summed E-state index contributed by atoms with van der Waals surface area (Å²) in [6, 6.07) is 3.57. The lowest BCUT2D eigenvalue weighted by Gasteiger charge is -2.32. The fraction of sp³-hybridized carbons (Fsp3) is 0.300. The number of imidazole rings is 1. The van der Waals surface area contributed by atoms with Crippen LogP contribution in [0.3, 0.4) is 0 Å². The van der Waals surface area contributed by atoms with Gasteiger partial charge in [-0.25, -0.2) is 15.0 Å². The number of carbonyl (C=O) groups excluding carboxylic acids is 2. The molecule has 0 bridgehead atoms. The van der Waals surface area contributed by atoms with Crippen LogP contribution >= 0.6 is 0 Å². The van der Waals surface area contributed by atoms with Crippen LogP contribution < -0.4 is 5.73 Å². The van der Waals surface area contributed by atoms with Crippen molar-refractivity contribution in [3.63, 3.8) is 0 Å². The number of fused-ring (bicyclic) bond motifs is 1. The molecule has 1 aliphatic rings. The maximum absolute atomic E-state index is 12.8. The van der Waals surface area contributed by atoms with Gasteiger partial charge in [0, 0.05) is 32.1 Å². The van der Waals surface area contributed by atoms with Gasteiger partial charge in [0.1, 0.15) is 11.2 Å². The van der Waals surface area contributed by atoms with Gasteiger partial charge >= 0.3 is 0 Å². The lowest BCUT2D eigenvalue weighted by Crippen LogP contribution is -2.47. The van der Waals surface area contributed by atoms with Crippen molar-refractivity contribution in [1.29, 1.82) is 0 Å². The number of rotatable bonds is 4. The van der Waals surface area contributed by atoms with Crippen molar-refractivity contribution in [2.75, 3.05) is 7.05 Å². The van der Waals surface area contributed by atoms with Crippen LogP contribution in [0.2, 0.25) is 0 Å². The summed E-state index contributed by atoms with van der Waals surface area (Å²) in [6.45, 7) is 3.70. The predicted molar refractivity (Wildman–Crippen MR) is 106 cm³/mol. The zero-order chi connectivity index (χ0) is 20.8. The first-order valence-corrected chi connectivity index (χ1v) is 9.17. The predicted octanol–water partition coefficient (Wildman–Crippen LogP) is 1.25. The number of aliphatic imine (C=N–C) groups is 1. The molecule has 0 spiro atoms. The summed E-state index contributed by atoms with van der Waals surface area (Å²) >= 11 is 0. The molecule has 0 saturated carbocycles. The van der Waals surface area contributed by atoms with Gasteiger partial charge in [-0.05, 0) is 31.5 Å². The quantitative estimate of drug-likeness (QED) is 0.669. The smallest absolute Gasteiger partial charge is 0.231 e. The highest BCUT2D eigenvalue weighted by atomic mass is 16.2. The van der Waals surface area contributed by atoms with Gasteiger partial charge in [-0.3, -0.25) is 19.5 Å². The molecule has 0 aliphatic carbocycles. The fourth-order valence-electron chi connectivity index (χ4n) is 3.38. The van der Waals surface area contributed by atoms with Gasteiger partial charge in [0.15, 0.2) is 17.4 Å². The first-order chi connectivity index (χ1) is 13.7. The normalized spacial score (nSPS) is 19.5. The molecule has 0 saturated heterocycles. The standard InChI is InChI=1S/C20H21N7O2/c1-12-10-27-11-14(23-9-17(27)24-12)15(28)6-13-4-5-22-16(7-13)20(2)8-18(29)26(3)19(21)25-20/h4-5,7,9-11H,6,8H2,1-3H3,(H2,21,25). The SMILES string of the molecule is Cc1cn2cc(C(=O)Cc3ccnc(C4(C)CC(=O)N(C)C(N)=N4)c3)ncc2n1. The Balaban J connectivity index is 1.60. The van der Waals surface area contributed by atoms with E-state index >= 15 is 0 Å². The van der Waals surface area contributed by atoms with Crippen molar-refractivity contribution in [2.45, 2.75) is 32.2 Å². The maximum Gasteiger partial charge on any atom is 0.231 e. The number of guanidine groups is 1. The summed E-state index contributed by atoms with van der Waals surface area (Å²) in [7, 11) is 1.59. The van der Waals surface area contributed by atoms with E-state index in [0.29, 0.717) is 17.0 Å². The monoisotopic (exact) mass is 391 g/mol. The van der Waals surface area contributed by atoms with Crippen molar-refractivity contribution < 1.29 is 9.59 Å². The Hall–Kier alpha value is -3.62. The molecule has 1 amide bonds. The van der Waals surface area contributed by atoms with Crippen LogP contribution in [0.4, 0.5) is 0 Å². The number of aryl methyl sites for hydroxylation is 1. The number of amides is 1. The van der Waals surface area contributed by atoms with E-state index in [1.165, 1.54) is 4.90 Å². The first-order valence-electron chi connectivity index (χ1n) is 9.17. The minimum absolute atomic E-state index is 0.122. The van der Waals surface area contributed by atoms with Crippen LogP contribution in [0.15, 0.2) is 41.9 Å². The molecule has 9 nitrogen and oxygen atoms in total. The van der Waals surface area contributed by atoms with Gasteiger partial charge < -0.3 is 10.1 Å². The number of hydrogen-bond acceptors (Lipinski definition) is 7. The van der Waals surface area contributed by atoms with Crippen molar-refractivity contribution in [3.8, 4) is 0 Å². The number of nitrogens with two attached hydrogens (primary N) is 1. The van der Waals surface area contributed by atoms with E-state index in [1.54, 1.807) is 42.2 Å². The van der Waals surface area contributed by atoms with Crippen LogP contribution in [0, 0.1) is 6.92 Å². The van der Waals surface area contributed by atoms with Gasteiger partial charge in [-0.2, -0.15) is 0 Å². The molecule has 1 aliphatic heterocycles. The average molecular weight is 391 g/mol. The van der Waals surface area contributed by atoms with Gasteiger partial charge in [0.05, 0.1) is 24.0 Å². The van der Waals surface area contributed by atoms with E-state index in [4.69, 9.17) is 5.73 Å². The van der Waals surface area contributed by atoms with Crippen LogP contribution in [-0.4, -0.2) is 49.0 Å². The third-order valence-electron chi connectivity index (χ3n) is 5.06. The Morgan fingerprint density at radius 3 is 2.86 bits per heavy atom. The van der Waals surface area contributed by atoms with Crippen molar-refractivity contribution in [3.05, 3.63) is 59.6 Å². The van der Waals surface area contributed by atoms with Crippen molar-refractivity contribution in [1.82, 2.24) is 24.3 Å². The van der Waals surface area contributed by atoms with E-state index < -0.39 is 5.54 Å². The molecule has 1 atom stereocenters. The Morgan fingerprint density at radius 2 is 2.10 bits per heavy atom. The molecule has 0 aromatic carbocycles. The fourth-order valence-corrected chi connectivity index (χ4v) is 3.38. The van der Waals surface area contributed by atoms with Gasteiger partial charge in [-0.15, -0.1) is 0 Å². The lowest BCUT2D eigenvalue weighted by atomic mass is 9.90. The van der Waals surface area contributed by atoms with Gasteiger partial charge in [0.2, 0.25) is 5.91 Å². The molecular weight excluding hydrogens is 370 g/mol. The molecule has 0 fully saturated rings. The molecule has 29 heavy (non-hydrogen) atoms. The average Bonchev–Trinajstić information content (AvgIpc) is 3.05. The van der Waals surface area contributed by atoms with E-state index in [0.717, 1.165) is 11.3 Å². The molecule has 3 aromatic rings. The third kappa shape index (κ3) is 3.46. The number of carbonyl (C=O) groups is 2. The molecule has 1 unspecified atom stereocenters. The molecule has 3 aromatic heterocycles. The number of Topliss-reactive ketones (excluding diaryl/α,β-unsaturated/α-hetero) is 1. The maximum atomic E-state index is 12.8. The molecule has 9 heteroatoms. The minimum atomic E-state index is -0.863. The third-order valence-corrected chi connectivity index (χ3v) is 5.06. The lowest BCUT2D eigenvalue weighted by molar-refractivity contribution is -0.128. The number of nitrogens with zero attached hydrogens (tertiary/aromatic N) is 6. The number of hydrogen-bond donors (Lipinski definition) is 1. The van der Waals surface area contributed by atoms with Crippen LogP contribution in [0.1, 0.15) is 40.8 Å². The van der Waals surface area contributed by atoms with Crippen molar-refractivity contribution >= 4 is 23.3 Å². The summed E-state index contributed by atoms with van der Waals surface area (Å²) in [5.41, 5.74) is 8.29. The summed E-state index contributed by atoms with van der Waals surface area (Å²) < 4.78 is 1.79. The topological polar surface area (TPSA) is 119 Å². The second-order valence-electron chi connectivity index (χ2n) is 7.44.